The maximum Gasteiger partial charge on any atom is 0.335 e. The molecule has 0 saturated carbocycles. The topological polar surface area (TPSA) is 311 Å². The smallest absolute Gasteiger partial charge is 0.335 e. The molecule has 0 unspecified atom stereocenters. The standard InChI is InChI=1S/C32H45N3O18S/c1-32(2,3)31(45)51-15-17-4-5-18(52-30-26(41)24(39)25(40)27(53-30)29(43)44)14-20(17)50-13-12-49-11-9-33-28(42)19(16-54(46,47)48)34-21(36)8-10-35-22(37)6-7-23(35)38/h4-5,14,19,24-27,30,39-41H,6-13,15-16H2,1-3H3,(H,33,42)(H,34,36)(H,43,44)(H,46,47,48)/t19-,24-,25-,26+,27-,30+/m0/s1. The summed E-state index contributed by atoms with van der Waals surface area (Å²) in [4.78, 5) is 73.2. The number of carbonyl (C=O) groups is 6. The van der Waals surface area contributed by atoms with Gasteiger partial charge in [-0.2, -0.15) is 8.42 Å². The van der Waals surface area contributed by atoms with Crippen LogP contribution in [0.3, 0.4) is 0 Å². The number of carboxylic acids is 1. The van der Waals surface area contributed by atoms with E-state index in [1.54, 1.807) is 20.8 Å². The van der Waals surface area contributed by atoms with Crippen molar-refractivity contribution in [3.8, 4) is 11.5 Å². The van der Waals surface area contributed by atoms with E-state index in [1.165, 1.54) is 18.2 Å². The highest BCUT2D eigenvalue weighted by Gasteiger charge is 2.48. The Bertz CT molecular complexity index is 1630. The second kappa shape index (κ2) is 19.2. The summed E-state index contributed by atoms with van der Waals surface area (Å²) in [5.74, 6) is -5.91. The number of hydrogen-bond acceptors (Lipinski definition) is 16. The Balaban J connectivity index is 1.55. The molecule has 7 N–H and O–H groups in total. The number of aliphatic hydroxyl groups is 3. The normalized spacial score (nSPS) is 22.4. The number of esters is 1. The van der Waals surface area contributed by atoms with Crippen molar-refractivity contribution in [3.05, 3.63) is 23.8 Å². The van der Waals surface area contributed by atoms with Crippen molar-refractivity contribution in [2.75, 3.05) is 38.7 Å². The van der Waals surface area contributed by atoms with Crippen molar-refractivity contribution in [2.45, 2.75) is 83.4 Å². The minimum atomic E-state index is -4.72. The van der Waals surface area contributed by atoms with Gasteiger partial charge in [0.05, 0.1) is 18.6 Å². The molecule has 302 valence electrons. The lowest BCUT2D eigenvalue weighted by atomic mass is 9.97. The van der Waals surface area contributed by atoms with Crippen LogP contribution in [0, 0.1) is 5.41 Å². The predicted octanol–water partition coefficient (Wildman–Crippen LogP) is -2.53. The van der Waals surface area contributed by atoms with E-state index in [-0.39, 0.29) is 63.9 Å². The van der Waals surface area contributed by atoms with Crippen molar-refractivity contribution >= 4 is 45.7 Å². The van der Waals surface area contributed by atoms with Crippen LogP contribution in [-0.2, 0) is 59.7 Å². The van der Waals surface area contributed by atoms with Gasteiger partial charge in [-0.05, 0) is 32.9 Å². The van der Waals surface area contributed by atoms with E-state index in [1.807, 2.05) is 0 Å². The van der Waals surface area contributed by atoms with Crippen LogP contribution in [0.15, 0.2) is 18.2 Å². The molecular weight excluding hydrogens is 746 g/mol. The number of amides is 4. The molecule has 2 fully saturated rings. The maximum absolute atomic E-state index is 12.7. The zero-order valence-corrected chi connectivity index (χ0v) is 30.5. The molecule has 22 heteroatoms. The zero-order chi connectivity index (χ0) is 40.4. The Morgan fingerprint density at radius 3 is 2.28 bits per heavy atom. The Labute approximate surface area is 309 Å². The molecule has 3 rings (SSSR count). The fourth-order valence-corrected chi connectivity index (χ4v) is 5.59. The molecule has 0 aromatic heterocycles. The first-order valence-electron chi connectivity index (χ1n) is 16.6. The first kappa shape index (κ1) is 44.0. The lowest BCUT2D eigenvalue weighted by Crippen LogP contribution is -2.61. The van der Waals surface area contributed by atoms with Gasteiger partial charge >= 0.3 is 11.9 Å². The van der Waals surface area contributed by atoms with Gasteiger partial charge in [-0.3, -0.25) is 33.4 Å². The van der Waals surface area contributed by atoms with Crippen molar-refractivity contribution < 1.29 is 85.8 Å². The summed E-state index contributed by atoms with van der Waals surface area (Å²) in [6.45, 7) is 3.95. The van der Waals surface area contributed by atoms with Crippen molar-refractivity contribution in [1.82, 2.24) is 15.5 Å². The third-order valence-corrected chi connectivity index (χ3v) is 8.61. The molecule has 6 atom stereocenters. The molecule has 0 aliphatic carbocycles. The van der Waals surface area contributed by atoms with Crippen LogP contribution in [0.5, 0.6) is 11.5 Å². The van der Waals surface area contributed by atoms with E-state index in [2.05, 4.69) is 10.6 Å². The number of imide groups is 1. The number of benzene rings is 1. The monoisotopic (exact) mass is 791 g/mol. The number of aliphatic carboxylic acids is 1. The number of carbonyl (C=O) groups excluding carboxylic acids is 5. The van der Waals surface area contributed by atoms with E-state index in [4.69, 9.17) is 23.7 Å². The summed E-state index contributed by atoms with van der Waals surface area (Å²) in [7, 11) is -4.72. The van der Waals surface area contributed by atoms with Crippen molar-refractivity contribution in [3.63, 3.8) is 0 Å². The number of hydrogen-bond donors (Lipinski definition) is 7. The summed E-state index contributed by atoms with van der Waals surface area (Å²) >= 11 is 0. The predicted molar refractivity (Wildman–Crippen MR) is 179 cm³/mol. The van der Waals surface area contributed by atoms with E-state index >= 15 is 0 Å². The second-order valence-electron chi connectivity index (χ2n) is 13.3. The van der Waals surface area contributed by atoms with Gasteiger partial charge in [0.1, 0.15) is 54.8 Å². The fourth-order valence-electron chi connectivity index (χ4n) is 4.93. The molecule has 1 aromatic rings. The van der Waals surface area contributed by atoms with Crippen LogP contribution < -0.4 is 20.1 Å². The van der Waals surface area contributed by atoms with E-state index < -0.39 is 100 Å². The molecule has 0 bridgehead atoms. The van der Waals surface area contributed by atoms with Gasteiger partial charge in [0.2, 0.25) is 29.9 Å². The van der Waals surface area contributed by atoms with Gasteiger partial charge in [0, 0.05) is 44.0 Å². The number of aliphatic hydroxyl groups excluding tert-OH is 3. The lowest BCUT2D eigenvalue weighted by Gasteiger charge is -2.38. The number of nitrogens with one attached hydrogen (secondary N) is 2. The number of ether oxygens (including phenoxy) is 5. The van der Waals surface area contributed by atoms with Gasteiger partial charge in [-0.25, -0.2) is 4.79 Å². The van der Waals surface area contributed by atoms with Crippen LogP contribution in [0.4, 0.5) is 0 Å². The number of rotatable bonds is 19. The van der Waals surface area contributed by atoms with Gasteiger partial charge in [0.25, 0.3) is 10.1 Å². The quantitative estimate of drug-likeness (QED) is 0.0329. The first-order valence-corrected chi connectivity index (χ1v) is 18.2. The summed E-state index contributed by atoms with van der Waals surface area (Å²) in [6.07, 6.45) is -9.66. The van der Waals surface area contributed by atoms with Crippen LogP contribution in [0.2, 0.25) is 0 Å². The van der Waals surface area contributed by atoms with Gasteiger partial charge in [-0.15, -0.1) is 0 Å². The SMILES string of the molecule is CC(C)(C)C(=O)OCc1ccc(O[C@@H]2O[C@H](C(=O)O)[C@@H](O)[C@H](O)[C@H]2O)cc1OCCOCCNC(=O)[C@H](CS(=O)(=O)O)NC(=O)CCN1C(=O)CCC1=O. The molecule has 1 aromatic carbocycles. The third-order valence-electron chi connectivity index (χ3n) is 7.85. The molecule has 4 amide bonds. The minimum absolute atomic E-state index is 0.0137. The molecule has 54 heavy (non-hydrogen) atoms. The molecule has 2 heterocycles. The highest BCUT2D eigenvalue weighted by atomic mass is 32.2. The van der Waals surface area contributed by atoms with Crippen molar-refractivity contribution in [2.24, 2.45) is 5.41 Å². The lowest BCUT2D eigenvalue weighted by molar-refractivity contribution is -0.271. The van der Waals surface area contributed by atoms with E-state index in [9.17, 15) is 62.2 Å². The van der Waals surface area contributed by atoms with Crippen LogP contribution in [0.1, 0.15) is 45.6 Å². The fraction of sp³-hybridized carbons (Fsp3) is 0.625. The average molecular weight is 792 g/mol. The van der Waals surface area contributed by atoms with Gasteiger partial charge in [0.15, 0.2) is 6.10 Å². The van der Waals surface area contributed by atoms with Crippen molar-refractivity contribution in [1.29, 1.82) is 0 Å². The highest BCUT2D eigenvalue weighted by Crippen LogP contribution is 2.30. The number of likely N-dealkylation sites (tertiary alicyclic amines) is 1. The molecule has 0 spiro atoms. The largest absolute Gasteiger partial charge is 0.491 e. The maximum atomic E-state index is 12.7. The Kier molecular flexibility index (Phi) is 15.7. The van der Waals surface area contributed by atoms with E-state index in [0.29, 0.717) is 5.56 Å². The van der Waals surface area contributed by atoms with Gasteiger partial charge in [-0.1, -0.05) is 0 Å². The minimum Gasteiger partial charge on any atom is -0.491 e. The van der Waals surface area contributed by atoms with Crippen LogP contribution in [0.25, 0.3) is 0 Å². The molecule has 2 aliphatic rings. The summed E-state index contributed by atoms with van der Waals surface area (Å²) in [6, 6.07) is 2.45. The molecule has 2 aliphatic heterocycles. The van der Waals surface area contributed by atoms with Crippen LogP contribution in [-0.4, -0.2) is 149 Å². The number of carboxylic acid groups (broad SMARTS) is 1. The summed E-state index contributed by atoms with van der Waals surface area (Å²) < 4.78 is 59.6. The van der Waals surface area contributed by atoms with Gasteiger partial charge < -0.3 is 54.7 Å². The molecule has 2 saturated heterocycles. The molecule has 0 radical (unpaired) electrons. The average Bonchev–Trinajstić information content (AvgIpc) is 3.40. The number of nitrogens with zero attached hydrogens (tertiary/aromatic N) is 1. The Morgan fingerprint density at radius 1 is 1.00 bits per heavy atom. The molecule has 21 nitrogen and oxygen atoms in total. The summed E-state index contributed by atoms with van der Waals surface area (Å²) in [5.41, 5.74) is -0.454. The molecular formula is C32H45N3O18S. The van der Waals surface area contributed by atoms with E-state index in [0.717, 1.165) is 4.90 Å². The Morgan fingerprint density at radius 2 is 1.67 bits per heavy atom. The summed E-state index contributed by atoms with van der Waals surface area (Å²) in [5, 5.41) is 44.2. The zero-order valence-electron chi connectivity index (χ0n) is 29.7. The van der Waals surface area contributed by atoms with Crippen LogP contribution >= 0.6 is 0 Å². The second-order valence-corrected chi connectivity index (χ2v) is 14.8. The first-order chi connectivity index (χ1) is 25.2. The Hall–Kier alpha value is -4.45. The highest BCUT2D eigenvalue weighted by molar-refractivity contribution is 7.85. The third kappa shape index (κ3) is 13.1.